The Labute approximate surface area is 108 Å². The van der Waals surface area contributed by atoms with Crippen molar-refractivity contribution >= 4 is 5.97 Å². The molecule has 0 radical (unpaired) electrons. The van der Waals surface area contributed by atoms with E-state index in [1.54, 1.807) is 0 Å². The first-order chi connectivity index (χ1) is 9.01. The first kappa shape index (κ1) is 13.5. The van der Waals surface area contributed by atoms with E-state index in [-0.39, 0.29) is 18.2 Å². The molecule has 1 aliphatic heterocycles. The van der Waals surface area contributed by atoms with Crippen LogP contribution in [0.15, 0.2) is 15.8 Å². The van der Waals surface area contributed by atoms with Crippen molar-refractivity contribution in [2.45, 2.75) is 44.9 Å². The van der Waals surface area contributed by atoms with E-state index >= 15 is 0 Å². The summed E-state index contributed by atoms with van der Waals surface area (Å²) in [5.74, 6) is -0.981. The van der Waals surface area contributed by atoms with Crippen LogP contribution in [-0.2, 0) is 22.5 Å². The number of hydrogen-bond donors (Lipinski definition) is 2. The summed E-state index contributed by atoms with van der Waals surface area (Å²) < 4.78 is 6.70. The van der Waals surface area contributed by atoms with Crippen LogP contribution in [0, 0.1) is 0 Å². The van der Waals surface area contributed by atoms with Gasteiger partial charge in [0.05, 0.1) is 12.6 Å². The molecule has 19 heavy (non-hydrogen) atoms. The van der Waals surface area contributed by atoms with Gasteiger partial charge in [-0.25, -0.2) is 9.59 Å². The zero-order chi connectivity index (χ0) is 14.0. The van der Waals surface area contributed by atoms with Gasteiger partial charge in [0.2, 0.25) is 0 Å². The number of H-pyrrole nitrogens is 1. The summed E-state index contributed by atoms with van der Waals surface area (Å²) in [6.07, 6.45) is 1.96. The predicted octanol–water partition coefficient (Wildman–Crippen LogP) is -0.269. The summed E-state index contributed by atoms with van der Waals surface area (Å²) in [5.41, 5.74) is -0.351. The van der Waals surface area contributed by atoms with Crippen LogP contribution in [0.25, 0.3) is 0 Å². The van der Waals surface area contributed by atoms with Crippen molar-refractivity contribution in [2.75, 3.05) is 0 Å². The van der Waals surface area contributed by atoms with Crippen molar-refractivity contribution < 1.29 is 14.6 Å². The summed E-state index contributed by atoms with van der Waals surface area (Å²) >= 11 is 0. The molecule has 2 unspecified atom stereocenters. The molecule has 0 aliphatic carbocycles. The number of aromatic nitrogens is 2. The number of carboxylic acid groups (broad SMARTS) is 1. The number of hydrogen-bond acceptors (Lipinski definition) is 4. The van der Waals surface area contributed by atoms with Crippen molar-refractivity contribution in [1.29, 1.82) is 0 Å². The molecule has 1 saturated heterocycles. The highest BCUT2D eigenvalue weighted by Crippen LogP contribution is 2.20. The highest BCUT2D eigenvalue weighted by Gasteiger charge is 2.30. The average Bonchev–Trinajstić information content (AvgIpc) is 2.81. The van der Waals surface area contributed by atoms with Gasteiger partial charge < -0.3 is 9.84 Å². The molecule has 2 heterocycles. The van der Waals surface area contributed by atoms with Crippen LogP contribution < -0.4 is 11.2 Å². The first-order valence-electron chi connectivity index (χ1n) is 6.22. The molecule has 104 valence electrons. The van der Waals surface area contributed by atoms with E-state index in [0.29, 0.717) is 24.8 Å². The van der Waals surface area contributed by atoms with Gasteiger partial charge in [0, 0.05) is 11.8 Å². The Morgan fingerprint density at radius 1 is 1.53 bits per heavy atom. The number of ether oxygens (including phenoxy) is 1. The van der Waals surface area contributed by atoms with Gasteiger partial charge in [0.25, 0.3) is 5.56 Å². The van der Waals surface area contributed by atoms with Gasteiger partial charge in [-0.3, -0.25) is 14.3 Å². The fraction of sp³-hybridized carbons (Fsp3) is 0.583. The topological polar surface area (TPSA) is 101 Å². The van der Waals surface area contributed by atoms with Crippen LogP contribution in [-0.4, -0.2) is 32.8 Å². The lowest BCUT2D eigenvalue weighted by molar-refractivity contribution is -0.149. The number of nitrogens with one attached hydrogen (secondary N) is 1. The Morgan fingerprint density at radius 2 is 2.26 bits per heavy atom. The quantitative estimate of drug-likeness (QED) is 0.782. The second kappa shape index (κ2) is 5.40. The molecule has 2 N–H and O–H groups in total. The van der Waals surface area contributed by atoms with Crippen LogP contribution in [0.1, 0.15) is 25.3 Å². The molecule has 1 aromatic heterocycles. The monoisotopic (exact) mass is 268 g/mol. The smallest absolute Gasteiger partial charge is 0.332 e. The molecular weight excluding hydrogens is 252 g/mol. The van der Waals surface area contributed by atoms with Crippen molar-refractivity contribution in [3.63, 3.8) is 0 Å². The second-order valence-electron chi connectivity index (χ2n) is 4.58. The van der Waals surface area contributed by atoms with E-state index in [9.17, 15) is 14.4 Å². The van der Waals surface area contributed by atoms with E-state index in [0.717, 1.165) is 0 Å². The van der Waals surface area contributed by atoms with Gasteiger partial charge in [0.1, 0.15) is 0 Å². The molecule has 0 amide bonds. The maximum atomic E-state index is 11.6. The Morgan fingerprint density at radius 3 is 2.84 bits per heavy atom. The number of carboxylic acids is 1. The van der Waals surface area contributed by atoms with E-state index in [1.807, 2.05) is 6.92 Å². The molecule has 1 fully saturated rings. The van der Waals surface area contributed by atoms with E-state index < -0.39 is 17.8 Å². The molecule has 0 bridgehead atoms. The summed E-state index contributed by atoms with van der Waals surface area (Å²) in [6, 6.07) is 0. The Balaban J connectivity index is 2.14. The zero-order valence-corrected chi connectivity index (χ0v) is 10.6. The third kappa shape index (κ3) is 2.93. The minimum atomic E-state index is -0.981. The van der Waals surface area contributed by atoms with Gasteiger partial charge in [0.15, 0.2) is 6.10 Å². The van der Waals surface area contributed by atoms with Crippen LogP contribution in [0.5, 0.6) is 0 Å². The number of rotatable bonds is 4. The standard InChI is InChI=1S/C12H16N2O5/c1-2-7-5-14(12(18)13-10(7)15)6-8-3-4-9(19-8)11(16)17/h5,8-9H,2-4,6H2,1H3,(H,16,17)(H,13,15,18). The number of aliphatic carboxylic acids is 1. The van der Waals surface area contributed by atoms with Crippen LogP contribution >= 0.6 is 0 Å². The molecule has 1 aliphatic rings. The van der Waals surface area contributed by atoms with E-state index in [4.69, 9.17) is 9.84 Å². The van der Waals surface area contributed by atoms with Crippen molar-refractivity contribution in [3.8, 4) is 0 Å². The molecule has 7 heteroatoms. The van der Waals surface area contributed by atoms with Gasteiger partial charge in [-0.15, -0.1) is 0 Å². The number of nitrogens with zero attached hydrogens (tertiary/aromatic N) is 1. The Kier molecular flexibility index (Phi) is 3.84. The number of aryl methyl sites for hydroxylation is 1. The minimum Gasteiger partial charge on any atom is -0.479 e. The molecule has 7 nitrogen and oxygen atoms in total. The summed E-state index contributed by atoms with van der Waals surface area (Å²) in [4.78, 5) is 36.1. The fourth-order valence-corrected chi connectivity index (χ4v) is 2.18. The zero-order valence-electron chi connectivity index (χ0n) is 10.6. The fourth-order valence-electron chi connectivity index (χ4n) is 2.18. The second-order valence-corrected chi connectivity index (χ2v) is 4.58. The molecule has 0 spiro atoms. The van der Waals surface area contributed by atoms with E-state index in [2.05, 4.69) is 4.98 Å². The summed E-state index contributed by atoms with van der Waals surface area (Å²) in [5, 5.41) is 8.83. The van der Waals surface area contributed by atoms with Crippen molar-refractivity contribution in [3.05, 3.63) is 32.6 Å². The maximum absolute atomic E-state index is 11.6. The van der Waals surface area contributed by atoms with Gasteiger partial charge in [-0.1, -0.05) is 6.92 Å². The lowest BCUT2D eigenvalue weighted by Gasteiger charge is -2.13. The highest BCUT2D eigenvalue weighted by molar-refractivity contribution is 5.72. The number of aromatic amines is 1. The van der Waals surface area contributed by atoms with Crippen LogP contribution in [0.3, 0.4) is 0 Å². The maximum Gasteiger partial charge on any atom is 0.332 e. The van der Waals surface area contributed by atoms with Gasteiger partial charge in [-0.2, -0.15) is 0 Å². The molecular formula is C12H16N2O5. The third-order valence-electron chi connectivity index (χ3n) is 3.25. The van der Waals surface area contributed by atoms with Gasteiger partial charge in [-0.05, 0) is 19.3 Å². The molecule has 2 atom stereocenters. The normalized spacial score (nSPS) is 22.6. The predicted molar refractivity (Wildman–Crippen MR) is 66.2 cm³/mol. The minimum absolute atomic E-state index is 0.256. The summed E-state index contributed by atoms with van der Waals surface area (Å²) in [7, 11) is 0. The van der Waals surface area contributed by atoms with Crippen LogP contribution in [0.4, 0.5) is 0 Å². The largest absolute Gasteiger partial charge is 0.479 e. The highest BCUT2D eigenvalue weighted by atomic mass is 16.5. The molecule has 0 aromatic carbocycles. The van der Waals surface area contributed by atoms with Crippen LogP contribution in [0.2, 0.25) is 0 Å². The van der Waals surface area contributed by atoms with Crippen molar-refractivity contribution in [1.82, 2.24) is 9.55 Å². The molecule has 0 saturated carbocycles. The molecule has 2 rings (SSSR count). The summed E-state index contributed by atoms with van der Waals surface area (Å²) in [6.45, 7) is 2.08. The SMILES string of the molecule is CCc1cn(CC2CCC(C(=O)O)O2)c(=O)[nH]c1=O. The lowest BCUT2D eigenvalue weighted by Crippen LogP contribution is -2.34. The third-order valence-corrected chi connectivity index (χ3v) is 3.25. The Bertz CT molecular complexity index is 589. The average molecular weight is 268 g/mol. The van der Waals surface area contributed by atoms with Crippen molar-refractivity contribution in [2.24, 2.45) is 0 Å². The lowest BCUT2D eigenvalue weighted by atomic mass is 10.2. The van der Waals surface area contributed by atoms with E-state index in [1.165, 1.54) is 10.8 Å². The Hall–Kier alpha value is -1.89. The molecule has 1 aromatic rings. The van der Waals surface area contributed by atoms with Gasteiger partial charge >= 0.3 is 11.7 Å². The first-order valence-corrected chi connectivity index (χ1v) is 6.22. The number of carbonyl (C=O) groups is 1.